The molecule has 0 amide bonds. The normalized spacial score (nSPS) is 18.1. The van der Waals surface area contributed by atoms with Crippen LogP contribution in [0.3, 0.4) is 0 Å². The molecule has 0 spiro atoms. The fraction of sp³-hybridized carbons (Fsp3) is 0.343. The number of benzene rings is 2. The molecule has 1 unspecified atom stereocenters. The molecular formula is C35H41N3O. The Kier molecular flexibility index (Phi) is 8.63. The molecule has 3 aromatic rings. The van der Waals surface area contributed by atoms with Crippen LogP contribution < -0.4 is 0 Å². The molecule has 0 aliphatic carbocycles. The highest BCUT2D eigenvalue weighted by Crippen LogP contribution is 2.47. The fourth-order valence-corrected chi connectivity index (χ4v) is 6.09. The first-order chi connectivity index (χ1) is 19.0. The van der Waals surface area contributed by atoms with Gasteiger partial charge in [0.1, 0.15) is 5.76 Å². The zero-order valence-electron chi connectivity index (χ0n) is 23.3. The van der Waals surface area contributed by atoms with Crippen LogP contribution in [-0.2, 0) is 12.8 Å². The zero-order chi connectivity index (χ0) is 27.2. The highest BCUT2D eigenvalue weighted by Gasteiger charge is 2.37. The van der Waals surface area contributed by atoms with E-state index in [4.69, 9.17) is 0 Å². The number of aryl methyl sites for hydroxylation is 3. The van der Waals surface area contributed by atoms with Crippen LogP contribution in [-0.4, -0.2) is 46.1 Å². The summed E-state index contributed by atoms with van der Waals surface area (Å²) in [6, 6.07) is 21.2. The number of hydrogen-bond donors (Lipinski definition) is 1. The third-order valence-electron chi connectivity index (χ3n) is 8.35. The van der Waals surface area contributed by atoms with Gasteiger partial charge in [0.25, 0.3) is 0 Å². The minimum absolute atomic E-state index is 0.132. The van der Waals surface area contributed by atoms with Crippen molar-refractivity contribution in [3.63, 3.8) is 0 Å². The van der Waals surface area contributed by atoms with E-state index in [9.17, 15) is 5.11 Å². The molecule has 2 aliphatic heterocycles. The second-order valence-corrected chi connectivity index (χ2v) is 10.9. The second-order valence-electron chi connectivity index (χ2n) is 10.9. The smallest absolute Gasteiger partial charge is 0.144 e. The van der Waals surface area contributed by atoms with Gasteiger partial charge in [0.2, 0.25) is 0 Å². The predicted molar refractivity (Wildman–Crippen MR) is 161 cm³/mol. The minimum atomic E-state index is -0.132. The summed E-state index contributed by atoms with van der Waals surface area (Å²) in [7, 11) is 0. The van der Waals surface area contributed by atoms with Gasteiger partial charge in [-0.2, -0.15) is 0 Å². The average Bonchev–Trinajstić information content (AvgIpc) is 3.23. The van der Waals surface area contributed by atoms with Crippen molar-refractivity contribution in [2.24, 2.45) is 0 Å². The molecule has 1 fully saturated rings. The first-order valence-corrected chi connectivity index (χ1v) is 14.4. The molecule has 2 aromatic carbocycles. The van der Waals surface area contributed by atoms with Crippen LogP contribution in [0.4, 0.5) is 0 Å². The van der Waals surface area contributed by atoms with E-state index < -0.39 is 0 Å². The highest BCUT2D eigenvalue weighted by atomic mass is 16.3. The molecule has 4 nitrogen and oxygen atoms in total. The summed E-state index contributed by atoms with van der Waals surface area (Å²) in [4.78, 5) is 9.07. The van der Waals surface area contributed by atoms with Crippen molar-refractivity contribution in [3.8, 4) is 0 Å². The van der Waals surface area contributed by atoms with Crippen molar-refractivity contribution in [1.82, 2.24) is 14.8 Å². The summed E-state index contributed by atoms with van der Waals surface area (Å²) in [5, 5.41) is 11.4. The molecular weight excluding hydrogens is 478 g/mol. The van der Waals surface area contributed by atoms with Gasteiger partial charge in [-0.15, -0.1) is 0 Å². The Morgan fingerprint density at radius 3 is 2.41 bits per heavy atom. The second kappa shape index (κ2) is 12.5. The van der Waals surface area contributed by atoms with Gasteiger partial charge in [0, 0.05) is 24.5 Å². The van der Waals surface area contributed by atoms with E-state index in [1.165, 1.54) is 49.0 Å². The van der Waals surface area contributed by atoms with Crippen LogP contribution in [0.25, 0.3) is 5.57 Å². The van der Waals surface area contributed by atoms with Gasteiger partial charge in [-0.1, -0.05) is 68.1 Å². The molecule has 5 rings (SSSR count). The van der Waals surface area contributed by atoms with Crippen molar-refractivity contribution < 1.29 is 5.11 Å². The summed E-state index contributed by atoms with van der Waals surface area (Å²) in [6.45, 7) is 15.3. The van der Waals surface area contributed by atoms with E-state index in [-0.39, 0.29) is 11.8 Å². The number of hydrogen-bond acceptors (Lipinski definition) is 4. The molecule has 1 aromatic heterocycles. The summed E-state index contributed by atoms with van der Waals surface area (Å²) in [5.74, 6) is 0.255. The molecule has 0 bridgehead atoms. The Hall–Kier alpha value is -3.63. The first-order valence-electron chi connectivity index (χ1n) is 14.4. The molecule has 3 heterocycles. The Morgan fingerprint density at radius 2 is 1.69 bits per heavy atom. The molecule has 39 heavy (non-hydrogen) atoms. The topological polar surface area (TPSA) is 39.6 Å². The standard InChI is InChI=1S/C35H41N3O/c1-26-25-32(16-15-30(26)14-13-29-11-6-4-7-12-29)27(2)33-34(31-17-19-36-20-18-31)38(28(3)35(33)39)24-10-23-37-21-8-5-9-22-37/h4,6-7,11-12,15-20,25,34,39H,2-3,5,8-10,13-14,21-24H2,1H3. The lowest BCUT2D eigenvalue weighted by atomic mass is 9.88. The lowest BCUT2D eigenvalue weighted by molar-refractivity contribution is 0.208. The summed E-state index contributed by atoms with van der Waals surface area (Å²) in [6.07, 6.45) is 10.6. The van der Waals surface area contributed by atoms with Gasteiger partial charge in [-0.05, 0) is 104 Å². The van der Waals surface area contributed by atoms with Crippen molar-refractivity contribution in [2.75, 3.05) is 26.2 Å². The van der Waals surface area contributed by atoms with E-state index >= 15 is 0 Å². The maximum Gasteiger partial charge on any atom is 0.144 e. The lowest BCUT2D eigenvalue weighted by Gasteiger charge is -2.32. The third kappa shape index (κ3) is 6.17. The summed E-state index contributed by atoms with van der Waals surface area (Å²) >= 11 is 0. The number of likely N-dealkylation sites (tertiary alicyclic amines) is 1. The van der Waals surface area contributed by atoms with Crippen LogP contribution in [0.2, 0.25) is 0 Å². The van der Waals surface area contributed by atoms with Crippen LogP contribution in [0.5, 0.6) is 0 Å². The van der Waals surface area contributed by atoms with Gasteiger partial charge in [0.05, 0.1) is 11.7 Å². The average molecular weight is 520 g/mol. The van der Waals surface area contributed by atoms with E-state index in [1.807, 2.05) is 24.5 Å². The molecule has 1 N–H and O–H groups in total. The summed E-state index contributed by atoms with van der Waals surface area (Å²) < 4.78 is 0. The number of piperidine rings is 1. The van der Waals surface area contributed by atoms with Crippen molar-refractivity contribution >= 4 is 5.57 Å². The summed E-state index contributed by atoms with van der Waals surface area (Å²) in [5.41, 5.74) is 8.47. The van der Waals surface area contributed by atoms with E-state index in [0.717, 1.165) is 54.6 Å². The molecule has 0 saturated carbocycles. The SMILES string of the molecule is C=C(C1=C(O)C(=C)N(CCCN2CCCCC2)C1c1ccncc1)c1ccc(CCc2ccccc2)c(C)c1. The van der Waals surface area contributed by atoms with Crippen LogP contribution >= 0.6 is 0 Å². The number of aliphatic hydroxyl groups is 1. The number of nitrogens with zero attached hydrogens (tertiary/aromatic N) is 3. The fourth-order valence-electron chi connectivity index (χ4n) is 6.09. The Bertz CT molecular complexity index is 1320. The van der Waals surface area contributed by atoms with Crippen LogP contribution in [0, 0.1) is 6.92 Å². The number of aromatic nitrogens is 1. The van der Waals surface area contributed by atoms with Gasteiger partial charge < -0.3 is 14.9 Å². The molecule has 1 saturated heterocycles. The van der Waals surface area contributed by atoms with Crippen molar-refractivity contribution in [2.45, 2.75) is 51.5 Å². The van der Waals surface area contributed by atoms with Crippen LogP contribution in [0.1, 0.15) is 59.5 Å². The monoisotopic (exact) mass is 519 g/mol. The Morgan fingerprint density at radius 1 is 0.949 bits per heavy atom. The van der Waals surface area contributed by atoms with Gasteiger partial charge in [-0.25, -0.2) is 0 Å². The van der Waals surface area contributed by atoms with E-state index in [1.54, 1.807) is 0 Å². The molecule has 4 heteroatoms. The Labute approximate surface area is 234 Å². The van der Waals surface area contributed by atoms with Gasteiger partial charge >= 0.3 is 0 Å². The third-order valence-corrected chi connectivity index (χ3v) is 8.35. The maximum atomic E-state index is 11.4. The number of pyridine rings is 1. The molecule has 2 aliphatic rings. The van der Waals surface area contributed by atoms with Gasteiger partial charge in [-0.3, -0.25) is 4.98 Å². The minimum Gasteiger partial charge on any atom is -0.505 e. The number of aliphatic hydroxyl groups excluding tert-OH is 1. The molecule has 202 valence electrons. The largest absolute Gasteiger partial charge is 0.505 e. The molecule has 1 atom stereocenters. The quantitative estimate of drug-likeness (QED) is 0.302. The Balaban J connectivity index is 1.35. The zero-order valence-corrected chi connectivity index (χ0v) is 23.3. The highest BCUT2D eigenvalue weighted by molar-refractivity contribution is 5.82. The van der Waals surface area contributed by atoms with E-state index in [0.29, 0.717) is 5.70 Å². The van der Waals surface area contributed by atoms with Crippen molar-refractivity contribution in [1.29, 1.82) is 0 Å². The number of rotatable bonds is 10. The first kappa shape index (κ1) is 27.0. The van der Waals surface area contributed by atoms with Crippen molar-refractivity contribution in [3.05, 3.63) is 131 Å². The lowest BCUT2D eigenvalue weighted by Crippen LogP contribution is -2.33. The maximum absolute atomic E-state index is 11.4. The van der Waals surface area contributed by atoms with E-state index in [2.05, 4.69) is 83.4 Å². The predicted octanol–water partition coefficient (Wildman–Crippen LogP) is 7.45. The van der Waals surface area contributed by atoms with Gasteiger partial charge in [0.15, 0.2) is 0 Å². The van der Waals surface area contributed by atoms with Crippen LogP contribution in [0.15, 0.2) is 103 Å². The molecule has 0 radical (unpaired) electrons.